The Morgan fingerprint density at radius 1 is 1.36 bits per heavy atom. The molecule has 55 valence electrons. The fourth-order valence-electron chi connectivity index (χ4n) is 0.776. The first-order valence-corrected chi connectivity index (χ1v) is 2.84. The van der Waals surface area contributed by atoms with Gasteiger partial charge in [0.25, 0.3) is 0 Å². The average Bonchev–Trinajstić information content (AvgIpc) is 2.31. The third-order valence-corrected chi connectivity index (χ3v) is 1.23. The van der Waals surface area contributed by atoms with Crippen LogP contribution in [-0.2, 0) is 0 Å². The highest BCUT2D eigenvalue weighted by molar-refractivity contribution is 5.91. The molecule has 0 atom stereocenters. The summed E-state index contributed by atoms with van der Waals surface area (Å²) in [6.07, 6.45) is 0.387. The van der Waals surface area contributed by atoms with Gasteiger partial charge in [0.15, 0.2) is 17.3 Å². The van der Waals surface area contributed by atoms with E-state index < -0.39 is 6.09 Å². The quantitative estimate of drug-likeness (QED) is 0.541. The monoisotopic (exact) mass is 152 g/mol. The number of nitrogens with two attached hydrogens (primary N) is 1. The maximum atomic E-state index is 12.4. The molecule has 1 aromatic rings. The molecule has 0 saturated heterocycles. The van der Waals surface area contributed by atoms with Crippen molar-refractivity contribution in [3.8, 4) is 0 Å². The van der Waals surface area contributed by atoms with Gasteiger partial charge in [-0.05, 0) is 0 Å². The molecule has 0 fully saturated rings. The highest BCUT2D eigenvalue weighted by Gasteiger charge is 2.19. The van der Waals surface area contributed by atoms with E-state index in [0.717, 1.165) is 0 Å². The Morgan fingerprint density at radius 3 is 2.91 bits per heavy atom. The minimum Gasteiger partial charge on any atom is -0.382 e. The summed E-state index contributed by atoms with van der Waals surface area (Å²) in [6, 6.07) is 0. The number of amidine groups is 1. The Balaban J connectivity index is 2.61. The van der Waals surface area contributed by atoms with Crippen LogP contribution in [-0.4, -0.2) is 16.1 Å². The van der Waals surface area contributed by atoms with Crippen molar-refractivity contribution in [1.82, 2.24) is 15.3 Å². The van der Waals surface area contributed by atoms with Gasteiger partial charge in [-0.25, -0.2) is 9.97 Å². The van der Waals surface area contributed by atoms with Gasteiger partial charge in [-0.15, -0.1) is 0 Å². The van der Waals surface area contributed by atoms with Gasteiger partial charge in [0.1, 0.15) is 6.33 Å². The zero-order chi connectivity index (χ0) is 7.84. The van der Waals surface area contributed by atoms with Crippen molar-refractivity contribution in [2.45, 2.75) is 0 Å². The van der Waals surface area contributed by atoms with Gasteiger partial charge in [0.05, 0.1) is 0 Å². The van der Waals surface area contributed by atoms with Crippen LogP contribution in [0, 0.1) is 0 Å². The third-order valence-electron chi connectivity index (χ3n) is 1.23. The summed E-state index contributed by atoms with van der Waals surface area (Å²) in [4.78, 5) is 10.7. The van der Waals surface area contributed by atoms with Crippen LogP contribution in [0.5, 0.6) is 0 Å². The smallest absolute Gasteiger partial charge is 0.311 e. The highest BCUT2D eigenvalue weighted by atomic mass is 19.1. The van der Waals surface area contributed by atoms with Crippen molar-refractivity contribution in [2.75, 3.05) is 5.73 Å². The number of hydrogen-bond acceptors (Lipinski definition) is 4. The molecular weight excluding hydrogens is 149 g/mol. The van der Waals surface area contributed by atoms with Gasteiger partial charge in [0, 0.05) is 0 Å². The van der Waals surface area contributed by atoms with Crippen LogP contribution in [0.25, 0.3) is 0 Å². The van der Waals surface area contributed by atoms with Crippen molar-refractivity contribution >= 4 is 23.4 Å². The normalized spacial score (nSPS) is 13.7. The zero-order valence-corrected chi connectivity index (χ0v) is 5.32. The fourth-order valence-corrected chi connectivity index (χ4v) is 0.776. The number of rotatable bonds is 0. The molecule has 1 aromatic heterocycles. The van der Waals surface area contributed by atoms with Crippen LogP contribution in [0.1, 0.15) is 0 Å². The van der Waals surface area contributed by atoms with Crippen molar-refractivity contribution in [3.63, 3.8) is 0 Å². The molecule has 0 bridgehead atoms. The second-order valence-electron chi connectivity index (χ2n) is 1.92. The van der Waals surface area contributed by atoms with E-state index in [1.807, 2.05) is 0 Å². The van der Waals surface area contributed by atoms with Crippen LogP contribution < -0.4 is 11.1 Å². The lowest BCUT2D eigenvalue weighted by atomic mass is 10.4. The second-order valence-corrected chi connectivity index (χ2v) is 1.92. The largest absolute Gasteiger partial charge is 0.382 e. The van der Waals surface area contributed by atoms with E-state index in [4.69, 9.17) is 5.73 Å². The lowest BCUT2D eigenvalue weighted by Gasteiger charge is -1.94. The molecule has 1 aliphatic rings. The van der Waals surface area contributed by atoms with Crippen molar-refractivity contribution in [1.29, 1.82) is 0 Å². The van der Waals surface area contributed by atoms with Crippen LogP contribution in [0.15, 0.2) is 11.3 Å². The molecule has 6 heteroatoms. The summed E-state index contributed by atoms with van der Waals surface area (Å²) in [5, 5.41) is 3.37. The average molecular weight is 152 g/mol. The molecular formula is C5H3FN5. The number of halogens is 1. The van der Waals surface area contributed by atoms with E-state index in [1.54, 1.807) is 0 Å². The van der Waals surface area contributed by atoms with Crippen molar-refractivity contribution in [3.05, 3.63) is 6.33 Å². The van der Waals surface area contributed by atoms with Crippen LogP contribution >= 0.6 is 0 Å². The second kappa shape index (κ2) is 1.88. The molecule has 0 spiro atoms. The Morgan fingerprint density at radius 2 is 2.18 bits per heavy atom. The molecule has 0 unspecified atom stereocenters. The van der Waals surface area contributed by atoms with Crippen LogP contribution in [0.2, 0.25) is 0 Å². The Hall–Kier alpha value is -1.72. The van der Waals surface area contributed by atoms with Gasteiger partial charge in [-0.1, -0.05) is 0 Å². The zero-order valence-electron chi connectivity index (χ0n) is 5.32. The third kappa shape index (κ3) is 0.794. The summed E-state index contributed by atoms with van der Waals surface area (Å²) >= 11 is 0. The maximum Gasteiger partial charge on any atom is 0.311 e. The predicted molar refractivity (Wildman–Crippen MR) is 36.4 cm³/mol. The number of aromatic nitrogens is 2. The minimum atomic E-state index is -0.827. The summed E-state index contributed by atoms with van der Waals surface area (Å²) in [6.45, 7) is 0. The van der Waals surface area contributed by atoms with E-state index in [2.05, 4.69) is 20.3 Å². The molecule has 11 heavy (non-hydrogen) atoms. The summed E-state index contributed by atoms with van der Waals surface area (Å²) < 4.78 is 12.4. The van der Waals surface area contributed by atoms with Crippen LogP contribution in [0.4, 0.5) is 21.7 Å². The van der Waals surface area contributed by atoms with Crippen molar-refractivity contribution in [2.24, 2.45) is 4.99 Å². The number of anilines is 1. The van der Waals surface area contributed by atoms with E-state index in [-0.39, 0.29) is 17.3 Å². The number of nitrogen functional groups attached to an aromatic ring is 1. The van der Waals surface area contributed by atoms with Gasteiger partial charge in [0.2, 0.25) is 0 Å². The van der Waals surface area contributed by atoms with E-state index in [9.17, 15) is 4.39 Å². The molecule has 2 N–H and O–H groups in total. The lowest BCUT2D eigenvalue weighted by molar-refractivity contribution is 0.768. The SMILES string of the molecule is Nc1ncnc2c1N=C(F)[N]2. The minimum absolute atomic E-state index is 0.145. The number of hydrogen-bond donors (Lipinski definition) is 1. The molecule has 2 heterocycles. The summed E-state index contributed by atoms with van der Waals surface area (Å²) in [7, 11) is 0. The Labute approximate surface area is 61.2 Å². The van der Waals surface area contributed by atoms with Gasteiger partial charge < -0.3 is 5.73 Å². The molecule has 0 saturated carbocycles. The first-order chi connectivity index (χ1) is 5.27. The summed E-state index contributed by atoms with van der Waals surface area (Å²) in [5.74, 6) is 0.335. The first-order valence-electron chi connectivity index (χ1n) is 2.84. The van der Waals surface area contributed by atoms with E-state index in [1.165, 1.54) is 6.33 Å². The number of aliphatic imine (C=N–C) groups is 1. The van der Waals surface area contributed by atoms with Gasteiger partial charge >= 0.3 is 6.09 Å². The predicted octanol–water partition coefficient (Wildman–Crippen LogP) is 0.265. The van der Waals surface area contributed by atoms with Gasteiger partial charge in [-0.2, -0.15) is 14.7 Å². The first kappa shape index (κ1) is 6.02. The van der Waals surface area contributed by atoms with Crippen molar-refractivity contribution < 1.29 is 4.39 Å². The van der Waals surface area contributed by atoms with E-state index >= 15 is 0 Å². The number of fused-ring (bicyclic) bond motifs is 1. The molecule has 0 aromatic carbocycles. The maximum absolute atomic E-state index is 12.4. The van der Waals surface area contributed by atoms with E-state index in [0.29, 0.717) is 0 Å². The fraction of sp³-hybridized carbons (Fsp3) is 0. The molecule has 1 radical (unpaired) electrons. The number of nitrogens with zero attached hydrogens (tertiary/aromatic N) is 4. The molecule has 2 rings (SSSR count). The van der Waals surface area contributed by atoms with Crippen LogP contribution in [0.3, 0.4) is 0 Å². The standard InChI is InChI=1S/C5H3FN5/c6-5-10-2-3(7)8-1-9-4(2)11-5/h1H,(H2,7,8,9). The summed E-state index contributed by atoms with van der Waals surface area (Å²) in [5.41, 5.74) is 5.56. The Bertz CT molecular complexity index is 334. The molecule has 0 aliphatic carbocycles. The topological polar surface area (TPSA) is 78.3 Å². The molecule has 5 nitrogen and oxygen atoms in total. The lowest BCUT2D eigenvalue weighted by Crippen LogP contribution is -1.99. The highest BCUT2D eigenvalue weighted by Crippen LogP contribution is 2.31. The van der Waals surface area contributed by atoms with Gasteiger partial charge in [-0.3, -0.25) is 0 Å². The molecule has 0 amide bonds. The molecule has 1 aliphatic heterocycles. The Kier molecular flexibility index (Phi) is 1.03.